The highest BCUT2D eigenvalue weighted by atomic mass is 32.2. The number of nitrogens with one attached hydrogen (secondary N) is 1. The van der Waals surface area contributed by atoms with Gasteiger partial charge in [-0.3, -0.25) is 9.99 Å². The average molecular weight is 356 g/mol. The Morgan fingerprint density at radius 1 is 1.12 bits per heavy atom. The molecule has 3 heterocycles. The molecule has 0 atom stereocenters. The van der Waals surface area contributed by atoms with Gasteiger partial charge in [-0.25, -0.2) is 4.39 Å². The van der Waals surface area contributed by atoms with E-state index in [9.17, 15) is 4.39 Å². The van der Waals surface area contributed by atoms with Gasteiger partial charge in [0.2, 0.25) is 0 Å². The largest absolute Gasteiger partial charge is 0.384 e. The van der Waals surface area contributed by atoms with E-state index >= 15 is 0 Å². The van der Waals surface area contributed by atoms with E-state index in [1.165, 1.54) is 29.2 Å². The molecule has 1 N–H and O–H groups in total. The third-order valence-corrected chi connectivity index (χ3v) is 5.46. The Labute approximate surface area is 151 Å². The summed E-state index contributed by atoms with van der Waals surface area (Å²) < 4.78 is 13.0. The van der Waals surface area contributed by atoms with E-state index in [-0.39, 0.29) is 5.82 Å². The lowest BCUT2D eigenvalue weighted by atomic mass is 10.1. The number of aryl methyl sites for hydroxylation is 2. The second-order valence-electron chi connectivity index (χ2n) is 6.32. The van der Waals surface area contributed by atoms with Gasteiger partial charge in [0.1, 0.15) is 5.82 Å². The summed E-state index contributed by atoms with van der Waals surface area (Å²) in [5.41, 5.74) is 4.51. The molecule has 130 valence electrons. The van der Waals surface area contributed by atoms with Gasteiger partial charge in [-0.15, -0.1) is 0 Å². The summed E-state index contributed by atoms with van der Waals surface area (Å²) in [7, 11) is 0. The summed E-state index contributed by atoms with van der Waals surface area (Å²) in [6, 6.07) is 10.8. The molecule has 1 aromatic carbocycles. The van der Waals surface area contributed by atoms with Crippen molar-refractivity contribution < 1.29 is 4.39 Å². The van der Waals surface area contributed by atoms with E-state index in [4.69, 9.17) is 4.98 Å². The number of thioether (sulfide) groups is 1. The Balaban J connectivity index is 1.31. The first-order chi connectivity index (χ1) is 12.3. The number of hydrogen-bond acceptors (Lipinski definition) is 5. The summed E-state index contributed by atoms with van der Waals surface area (Å²) in [4.78, 5) is 4.79. The van der Waals surface area contributed by atoms with Crippen LogP contribution in [0.1, 0.15) is 30.7 Å². The van der Waals surface area contributed by atoms with Crippen LogP contribution >= 0.6 is 11.8 Å². The molecule has 0 aliphatic carbocycles. The smallest absolute Gasteiger partial charge is 0.123 e. The normalized spacial score (nSPS) is 16.4. The molecular weight excluding hydrogens is 335 g/mol. The van der Waals surface area contributed by atoms with Crippen molar-refractivity contribution in [2.75, 3.05) is 22.7 Å². The van der Waals surface area contributed by atoms with Gasteiger partial charge in [0.25, 0.3) is 0 Å². The molecule has 0 saturated heterocycles. The number of benzene rings is 1. The molecule has 0 fully saturated rings. The lowest BCUT2D eigenvalue weighted by Crippen LogP contribution is -2.13. The molecule has 0 spiro atoms. The first-order valence-corrected chi connectivity index (χ1v) is 9.72. The molecule has 1 aromatic heterocycles. The molecule has 0 saturated carbocycles. The highest BCUT2D eigenvalue weighted by Crippen LogP contribution is 2.27. The van der Waals surface area contributed by atoms with Crippen LogP contribution in [-0.4, -0.2) is 22.4 Å². The highest BCUT2D eigenvalue weighted by Gasteiger charge is 2.17. The lowest BCUT2D eigenvalue weighted by Gasteiger charge is -2.17. The van der Waals surface area contributed by atoms with Crippen LogP contribution < -0.4 is 10.3 Å². The Hall–Kier alpha value is -2.08. The third-order valence-electron chi connectivity index (χ3n) is 4.47. The zero-order chi connectivity index (χ0) is 17.1. The van der Waals surface area contributed by atoms with E-state index in [1.807, 2.05) is 5.01 Å². The van der Waals surface area contributed by atoms with E-state index in [2.05, 4.69) is 22.6 Å². The molecule has 0 amide bonds. The average Bonchev–Trinajstić information content (AvgIpc) is 3.11. The first kappa shape index (κ1) is 16.4. The van der Waals surface area contributed by atoms with E-state index in [0.29, 0.717) is 0 Å². The standard InChI is InChI=1S/C19H21FN4S/c20-14-6-9-16(10-7-14)24-13-25-19(23-24)5-1-3-15-8-11-17-18(22-15)4-2-12-21-17/h6-11,21H,1-5,12-13H2. The number of hydrazone groups is 1. The van der Waals surface area contributed by atoms with Crippen molar-refractivity contribution in [1.29, 1.82) is 0 Å². The van der Waals surface area contributed by atoms with Crippen molar-refractivity contribution in [2.24, 2.45) is 5.10 Å². The van der Waals surface area contributed by atoms with Crippen LogP contribution in [0.15, 0.2) is 41.5 Å². The monoisotopic (exact) mass is 356 g/mol. The second-order valence-corrected chi connectivity index (χ2v) is 7.34. The molecule has 2 aliphatic rings. The van der Waals surface area contributed by atoms with Gasteiger partial charge >= 0.3 is 0 Å². The first-order valence-electron chi connectivity index (χ1n) is 8.74. The summed E-state index contributed by atoms with van der Waals surface area (Å²) in [6.07, 6.45) is 5.21. The van der Waals surface area contributed by atoms with Crippen LogP contribution in [0, 0.1) is 5.82 Å². The summed E-state index contributed by atoms with van der Waals surface area (Å²) in [6.45, 7) is 1.05. The molecule has 25 heavy (non-hydrogen) atoms. The van der Waals surface area contributed by atoms with Crippen molar-refractivity contribution in [1.82, 2.24) is 4.98 Å². The van der Waals surface area contributed by atoms with Crippen molar-refractivity contribution >= 4 is 28.2 Å². The van der Waals surface area contributed by atoms with Crippen molar-refractivity contribution in [3.63, 3.8) is 0 Å². The molecule has 0 bridgehead atoms. The number of rotatable bonds is 5. The van der Waals surface area contributed by atoms with Gasteiger partial charge in [-0.2, -0.15) is 5.10 Å². The Morgan fingerprint density at radius 3 is 2.88 bits per heavy atom. The van der Waals surface area contributed by atoms with Crippen LogP contribution in [0.4, 0.5) is 15.8 Å². The molecule has 2 aliphatic heterocycles. The van der Waals surface area contributed by atoms with E-state index < -0.39 is 0 Å². The maximum atomic E-state index is 13.0. The molecule has 0 unspecified atom stereocenters. The highest BCUT2D eigenvalue weighted by molar-refractivity contribution is 8.14. The van der Waals surface area contributed by atoms with Crippen LogP contribution in [-0.2, 0) is 12.8 Å². The fourth-order valence-electron chi connectivity index (χ4n) is 3.13. The number of hydrogen-bond donors (Lipinski definition) is 1. The fourth-order valence-corrected chi connectivity index (χ4v) is 4.06. The predicted octanol–water partition coefficient (Wildman–Crippen LogP) is 4.43. The molecule has 2 aromatic rings. The van der Waals surface area contributed by atoms with Gasteiger partial charge in [0.05, 0.1) is 28.0 Å². The van der Waals surface area contributed by atoms with Gasteiger partial charge in [-0.1, -0.05) is 11.8 Å². The fraction of sp³-hybridized carbons (Fsp3) is 0.368. The molecule has 6 heteroatoms. The minimum Gasteiger partial charge on any atom is -0.384 e. The maximum Gasteiger partial charge on any atom is 0.123 e. The van der Waals surface area contributed by atoms with Crippen LogP contribution in [0.25, 0.3) is 0 Å². The zero-order valence-corrected chi connectivity index (χ0v) is 14.9. The van der Waals surface area contributed by atoms with Crippen LogP contribution in [0.2, 0.25) is 0 Å². The van der Waals surface area contributed by atoms with Gasteiger partial charge in [-0.05, 0) is 68.5 Å². The number of anilines is 2. The molecule has 4 nitrogen and oxygen atoms in total. The number of nitrogens with zero attached hydrogens (tertiary/aromatic N) is 3. The topological polar surface area (TPSA) is 40.5 Å². The van der Waals surface area contributed by atoms with Gasteiger partial charge in [0.15, 0.2) is 0 Å². The molecule has 4 rings (SSSR count). The Bertz CT molecular complexity index is 775. The molecular formula is C19H21FN4S. The second kappa shape index (κ2) is 7.44. The van der Waals surface area contributed by atoms with Crippen LogP contribution in [0.3, 0.4) is 0 Å². The quantitative estimate of drug-likeness (QED) is 0.861. The molecule has 0 radical (unpaired) electrons. The Kier molecular flexibility index (Phi) is 4.88. The zero-order valence-electron chi connectivity index (χ0n) is 14.0. The number of pyridine rings is 1. The third kappa shape index (κ3) is 3.95. The minimum absolute atomic E-state index is 0.215. The number of halogens is 1. The number of fused-ring (bicyclic) bond motifs is 1. The van der Waals surface area contributed by atoms with E-state index in [1.54, 1.807) is 23.9 Å². The van der Waals surface area contributed by atoms with Crippen molar-refractivity contribution in [2.45, 2.75) is 32.1 Å². The maximum absolute atomic E-state index is 13.0. The summed E-state index contributed by atoms with van der Waals surface area (Å²) in [5, 5.41) is 11.1. The minimum atomic E-state index is -0.215. The van der Waals surface area contributed by atoms with Crippen LogP contribution in [0.5, 0.6) is 0 Å². The predicted molar refractivity (Wildman–Crippen MR) is 103 cm³/mol. The summed E-state index contributed by atoms with van der Waals surface area (Å²) >= 11 is 1.76. The van der Waals surface area contributed by atoms with Crippen molar-refractivity contribution in [3.05, 3.63) is 53.6 Å². The van der Waals surface area contributed by atoms with Crippen molar-refractivity contribution in [3.8, 4) is 0 Å². The number of aromatic nitrogens is 1. The summed E-state index contributed by atoms with van der Waals surface area (Å²) in [5.74, 6) is 0.580. The van der Waals surface area contributed by atoms with E-state index in [0.717, 1.165) is 55.3 Å². The SMILES string of the molecule is Fc1ccc(N2CSC(CCCc3ccc4c(n3)CCCN4)=N2)cc1. The Morgan fingerprint density at radius 2 is 2.00 bits per heavy atom. The van der Waals surface area contributed by atoms with Gasteiger partial charge in [0, 0.05) is 12.2 Å². The lowest BCUT2D eigenvalue weighted by molar-refractivity contribution is 0.627. The van der Waals surface area contributed by atoms with Gasteiger partial charge < -0.3 is 5.32 Å².